The van der Waals surface area contributed by atoms with E-state index in [1.807, 2.05) is 60.4 Å². The third-order valence-electron chi connectivity index (χ3n) is 8.87. The summed E-state index contributed by atoms with van der Waals surface area (Å²) in [5.74, 6) is 0.212. The van der Waals surface area contributed by atoms with Crippen molar-refractivity contribution in [1.29, 1.82) is 0 Å². The van der Waals surface area contributed by atoms with Crippen molar-refractivity contribution >= 4 is 12.0 Å². The van der Waals surface area contributed by atoms with Gasteiger partial charge in [0.1, 0.15) is 24.2 Å². The number of piperazine rings is 1. The second kappa shape index (κ2) is 16.4. The van der Waals surface area contributed by atoms with Crippen LogP contribution < -0.4 is 15.4 Å². The number of benzene rings is 3. The molecule has 9 heteroatoms. The van der Waals surface area contributed by atoms with Crippen LogP contribution in [0.3, 0.4) is 0 Å². The second-order valence-corrected chi connectivity index (χ2v) is 11.9. The third-order valence-corrected chi connectivity index (χ3v) is 8.87. The number of amides is 2. The number of carbonyl (C=O) groups is 2. The highest BCUT2D eigenvalue weighted by Gasteiger charge is 2.37. The lowest BCUT2D eigenvalue weighted by Crippen LogP contribution is -2.57. The number of hydrogen-bond donors (Lipinski definition) is 2. The lowest BCUT2D eigenvalue weighted by molar-refractivity contribution is -0.137. The normalized spacial score (nSPS) is 19.5. The van der Waals surface area contributed by atoms with Crippen molar-refractivity contribution in [1.82, 2.24) is 20.4 Å². The van der Waals surface area contributed by atoms with Crippen LogP contribution in [0.4, 0.5) is 9.18 Å². The van der Waals surface area contributed by atoms with Crippen LogP contribution in [0.15, 0.2) is 78.9 Å². The Bertz CT molecular complexity index is 1360. The SMILES string of the molecule is CCOc1cccc(F)c1CN1CCN(C(=O)[C@H](NC(=O)OCc2ccccc2)C2CCC(NCc3ccccc3)CC2)CC1. The summed E-state index contributed by atoms with van der Waals surface area (Å²) in [4.78, 5) is 31.0. The van der Waals surface area contributed by atoms with E-state index in [0.29, 0.717) is 56.7 Å². The molecule has 0 spiro atoms. The van der Waals surface area contributed by atoms with Gasteiger partial charge in [0.25, 0.3) is 0 Å². The maximum absolute atomic E-state index is 14.7. The second-order valence-electron chi connectivity index (χ2n) is 11.9. The molecule has 240 valence electrons. The van der Waals surface area contributed by atoms with Crippen LogP contribution in [0.25, 0.3) is 0 Å². The van der Waals surface area contributed by atoms with Gasteiger partial charge in [0.15, 0.2) is 0 Å². The Morgan fingerprint density at radius 3 is 2.20 bits per heavy atom. The molecule has 0 bridgehead atoms. The molecule has 45 heavy (non-hydrogen) atoms. The molecule has 1 heterocycles. The monoisotopic (exact) mass is 616 g/mol. The molecule has 8 nitrogen and oxygen atoms in total. The largest absolute Gasteiger partial charge is 0.493 e. The molecule has 2 fully saturated rings. The fourth-order valence-electron chi connectivity index (χ4n) is 6.32. The summed E-state index contributed by atoms with van der Waals surface area (Å²) in [5.41, 5.74) is 2.68. The summed E-state index contributed by atoms with van der Waals surface area (Å²) >= 11 is 0. The zero-order valence-electron chi connectivity index (χ0n) is 26.1. The standard InChI is InChI=1S/C36H45FN4O4/c1-2-44-33-15-9-14-32(37)31(33)25-40-20-22-41(23-21-40)35(42)34(39-36(43)45-26-28-12-7-4-8-13-28)29-16-18-30(19-17-29)38-24-27-10-5-3-6-11-27/h3-15,29-30,34,38H,2,16-26H2,1H3,(H,39,43)/t29?,30?,34-/m1/s1. The van der Waals surface area contributed by atoms with Crippen molar-refractivity contribution in [2.24, 2.45) is 5.92 Å². The smallest absolute Gasteiger partial charge is 0.408 e. The molecule has 2 aliphatic rings. The highest BCUT2D eigenvalue weighted by atomic mass is 19.1. The van der Waals surface area contributed by atoms with E-state index in [1.165, 1.54) is 11.6 Å². The van der Waals surface area contributed by atoms with Crippen LogP contribution in [0.1, 0.15) is 49.3 Å². The van der Waals surface area contributed by atoms with E-state index in [9.17, 15) is 14.0 Å². The van der Waals surface area contributed by atoms with Gasteiger partial charge in [-0.15, -0.1) is 0 Å². The summed E-state index contributed by atoms with van der Waals surface area (Å²) in [5, 5.41) is 6.62. The van der Waals surface area contributed by atoms with E-state index >= 15 is 0 Å². The van der Waals surface area contributed by atoms with Gasteiger partial charge in [0.05, 0.1) is 6.61 Å². The number of rotatable bonds is 12. The Kier molecular flexibility index (Phi) is 11.8. The fraction of sp³-hybridized carbons (Fsp3) is 0.444. The van der Waals surface area contributed by atoms with Crippen molar-refractivity contribution < 1.29 is 23.5 Å². The Morgan fingerprint density at radius 1 is 0.867 bits per heavy atom. The first-order chi connectivity index (χ1) is 22.0. The fourth-order valence-corrected chi connectivity index (χ4v) is 6.32. The molecule has 0 unspecified atom stereocenters. The van der Waals surface area contributed by atoms with Crippen molar-refractivity contribution in [3.05, 3.63) is 101 Å². The highest BCUT2D eigenvalue weighted by Crippen LogP contribution is 2.29. The van der Waals surface area contributed by atoms with Gasteiger partial charge in [-0.05, 0) is 61.8 Å². The number of halogens is 1. The van der Waals surface area contributed by atoms with Crippen LogP contribution in [-0.2, 0) is 29.2 Å². The summed E-state index contributed by atoms with van der Waals surface area (Å²) < 4.78 is 25.9. The molecule has 1 saturated carbocycles. The van der Waals surface area contributed by atoms with Crippen molar-refractivity contribution in [2.45, 2.75) is 64.4 Å². The Labute approximate surface area is 265 Å². The van der Waals surface area contributed by atoms with Gasteiger partial charge >= 0.3 is 6.09 Å². The lowest BCUT2D eigenvalue weighted by Gasteiger charge is -2.39. The minimum absolute atomic E-state index is 0.0155. The molecule has 3 aromatic carbocycles. The van der Waals surface area contributed by atoms with Crippen molar-refractivity contribution in [2.75, 3.05) is 32.8 Å². The summed E-state index contributed by atoms with van der Waals surface area (Å²) in [6.45, 7) is 5.93. The van der Waals surface area contributed by atoms with E-state index in [1.54, 1.807) is 12.1 Å². The number of carbonyl (C=O) groups excluding carboxylic acids is 2. The first kappa shape index (κ1) is 32.4. The first-order valence-electron chi connectivity index (χ1n) is 16.2. The molecule has 1 saturated heterocycles. The number of hydrogen-bond acceptors (Lipinski definition) is 6. The maximum Gasteiger partial charge on any atom is 0.408 e. The average Bonchev–Trinajstić information content (AvgIpc) is 3.08. The predicted molar refractivity (Wildman–Crippen MR) is 172 cm³/mol. The topological polar surface area (TPSA) is 83.1 Å². The van der Waals surface area contributed by atoms with E-state index in [4.69, 9.17) is 9.47 Å². The van der Waals surface area contributed by atoms with E-state index in [0.717, 1.165) is 37.8 Å². The summed E-state index contributed by atoms with van der Waals surface area (Å²) in [6, 6.07) is 24.5. The third kappa shape index (κ3) is 9.28. The van der Waals surface area contributed by atoms with E-state index in [-0.39, 0.29) is 24.2 Å². The molecular formula is C36H45FN4O4. The molecule has 2 amide bonds. The quantitative estimate of drug-likeness (QED) is 0.279. The maximum atomic E-state index is 14.7. The molecule has 0 radical (unpaired) electrons. The Morgan fingerprint density at radius 2 is 1.53 bits per heavy atom. The van der Waals surface area contributed by atoms with E-state index in [2.05, 4.69) is 27.7 Å². The minimum atomic E-state index is -0.661. The number of nitrogens with one attached hydrogen (secondary N) is 2. The zero-order valence-corrected chi connectivity index (χ0v) is 26.1. The number of nitrogens with zero attached hydrogens (tertiary/aromatic N) is 2. The zero-order chi connectivity index (χ0) is 31.4. The van der Waals surface area contributed by atoms with Gasteiger partial charge in [0, 0.05) is 50.9 Å². The highest BCUT2D eigenvalue weighted by molar-refractivity contribution is 5.86. The van der Waals surface area contributed by atoms with Crippen LogP contribution in [0.2, 0.25) is 0 Å². The van der Waals surface area contributed by atoms with Gasteiger partial charge in [-0.3, -0.25) is 9.69 Å². The summed E-state index contributed by atoms with van der Waals surface area (Å²) in [7, 11) is 0. The molecule has 2 N–H and O–H groups in total. The van der Waals surface area contributed by atoms with Gasteiger partial charge in [-0.1, -0.05) is 66.7 Å². The van der Waals surface area contributed by atoms with Crippen LogP contribution in [-0.4, -0.2) is 66.7 Å². The molecule has 5 rings (SSSR count). The van der Waals surface area contributed by atoms with Gasteiger partial charge in [0.2, 0.25) is 5.91 Å². The van der Waals surface area contributed by atoms with Crippen molar-refractivity contribution in [3.63, 3.8) is 0 Å². The predicted octanol–water partition coefficient (Wildman–Crippen LogP) is 5.51. The average molecular weight is 617 g/mol. The van der Waals surface area contributed by atoms with Gasteiger partial charge < -0.3 is 25.0 Å². The van der Waals surface area contributed by atoms with Gasteiger partial charge in [-0.2, -0.15) is 0 Å². The summed E-state index contributed by atoms with van der Waals surface area (Å²) in [6.07, 6.45) is 2.94. The van der Waals surface area contributed by atoms with Crippen LogP contribution in [0.5, 0.6) is 5.75 Å². The molecule has 3 aromatic rings. The first-order valence-corrected chi connectivity index (χ1v) is 16.2. The molecule has 1 aliphatic carbocycles. The molecule has 1 atom stereocenters. The lowest BCUT2D eigenvalue weighted by atomic mass is 9.81. The Balaban J connectivity index is 1.19. The van der Waals surface area contributed by atoms with E-state index < -0.39 is 12.1 Å². The minimum Gasteiger partial charge on any atom is -0.493 e. The van der Waals surface area contributed by atoms with Crippen LogP contribution >= 0.6 is 0 Å². The molecule has 1 aliphatic heterocycles. The van der Waals surface area contributed by atoms with Crippen molar-refractivity contribution in [3.8, 4) is 5.75 Å². The van der Waals surface area contributed by atoms with Gasteiger partial charge in [-0.25, -0.2) is 9.18 Å². The molecular weight excluding hydrogens is 571 g/mol. The molecule has 0 aromatic heterocycles. The number of alkyl carbamates (subject to hydrolysis) is 1. The Hall–Kier alpha value is -3.95. The van der Waals surface area contributed by atoms with Crippen LogP contribution in [0, 0.1) is 11.7 Å². The number of ether oxygens (including phenoxy) is 2.